The maximum absolute atomic E-state index is 12.8. The fraction of sp³-hybridized carbons (Fsp3) is 0.182. The number of aromatic nitrogens is 2. The van der Waals surface area contributed by atoms with Crippen LogP contribution in [0.2, 0.25) is 0 Å². The third-order valence-corrected chi connectivity index (χ3v) is 6.67. The summed E-state index contributed by atoms with van der Waals surface area (Å²) >= 11 is 2.76. The molecule has 0 saturated heterocycles. The molecule has 0 aliphatic rings. The van der Waals surface area contributed by atoms with Gasteiger partial charge in [0.1, 0.15) is 15.7 Å². The number of hydrogen-bond acceptors (Lipinski definition) is 6. The van der Waals surface area contributed by atoms with Crippen LogP contribution in [0.4, 0.5) is 29.8 Å². The summed E-state index contributed by atoms with van der Waals surface area (Å²) in [6.45, 7) is 4.28. The molecule has 2 heterocycles. The van der Waals surface area contributed by atoms with Crippen LogP contribution in [0.15, 0.2) is 53.9 Å². The Morgan fingerprint density at radius 1 is 0.968 bits per heavy atom. The highest BCUT2D eigenvalue weighted by Crippen LogP contribution is 2.39. The highest BCUT2D eigenvalue weighted by atomic mass is 32.1. The molecule has 0 aliphatic heterocycles. The van der Waals surface area contributed by atoms with E-state index in [1.165, 1.54) is 40.4 Å². The van der Waals surface area contributed by atoms with E-state index in [-0.39, 0.29) is 0 Å². The Bertz CT molecular complexity index is 1180. The summed E-state index contributed by atoms with van der Waals surface area (Å²) < 4.78 is 38.3. The molecule has 0 amide bonds. The lowest BCUT2D eigenvalue weighted by molar-refractivity contribution is -0.137. The van der Waals surface area contributed by atoms with Gasteiger partial charge in [0.25, 0.3) is 0 Å². The molecule has 2 aromatic heterocycles. The lowest BCUT2D eigenvalue weighted by Gasteiger charge is -2.07. The molecule has 0 fully saturated rings. The summed E-state index contributed by atoms with van der Waals surface area (Å²) in [5, 5.41) is 6.38. The molecular formula is C22H19F3N4S2. The number of thiazole rings is 2. The second kappa shape index (κ2) is 8.32. The molecule has 9 heteroatoms. The number of benzene rings is 2. The van der Waals surface area contributed by atoms with Crippen LogP contribution < -0.4 is 11.1 Å². The number of nitrogens with one attached hydrogen (secondary N) is 1. The first-order chi connectivity index (χ1) is 14.7. The molecule has 31 heavy (non-hydrogen) atoms. The van der Waals surface area contributed by atoms with Gasteiger partial charge in [-0.2, -0.15) is 13.2 Å². The number of anilines is 3. The predicted octanol–water partition coefficient (Wildman–Crippen LogP) is 7.40. The van der Waals surface area contributed by atoms with E-state index in [2.05, 4.69) is 41.3 Å². The van der Waals surface area contributed by atoms with Gasteiger partial charge in [-0.05, 0) is 35.7 Å². The molecule has 0 saturated carbocycles. The molecule has 0 radical (unpaired) electrons. The van der Waals surface area contributed by atoms with Crippen molar-refractivity contribution in [1.29, 1.82) is 0 Å². The summed E-state index contributed by atoms with van der Waals surface area (Å²) in [7, 11) is 0. The molecule has 2 aromatic carbocycles. The highest BCUT2D eigenvalue weighted by molar-refractivity contribution is 7.23. The molecule has 0 unspecified atom stereocenters. The van der Waals surface area contributed by atoms with Crippen molar-refractivity contribution in [3.63, 3.8) is 0 Å². The van der Waals surface area contributed by atoms with Gasteiger partial charge in [-0.1, -0.05) is 49.4 Å². The van der Waals surface area contributed by atoms with Gasteiger partial charge in [-0.15, -0.1) is 11.3 Å². The van der Waals surface area contributed by atoms with Crippen LogP contribution in [0.1, 0.15) is 30.9 Å². The number of nitrogen functional groups attached to an aromatic ring is 1. The minimum absolute atomic E-state index is 0.361. The van der Waals surface area contributed by atoms with Gasteiger partial charge in [0, 0.05) is 16.6 Å². The van der Waals surface area contributed by atoms with Crippen molar-refractivity contribution in [3.05, 3.63) is 65.0 Å². The minimum atomic E-state index is -4.36. The van der Waals surface area contributed by atoms with Crippen LogP contribution in [0.25, 0.3) is 21.1 Å². The van der Waals surface area contributed by atoms with E-state index in [4.69, 9.17) is 5.73 Å². The Hall–Kier alpha value is -2.91. The first-order valence-corrected chi connectivity index (χ1v) is 11.2. The molecule has 0 bridgehead atoms. The van der Waals surface area contributed by atoms with Gasteiger partial charge in [0.05, 0.1) is 11.3 Å². The van der Waals surface area contributed by atoms with E-state index in [1.54, 1.807) is 5.38 Å². The van der Waals surface area contributed by atoms with Gasteiger partial charge in [0.2, 0.25) is 0 Å². The zero-order valence-electron chi connectivity index (χ0n) is 16.7. The van der Waals surface area contributed by atoms with Crippen LogP contribution in [0.5, 0.6) is 0 Å². The molecule has 0 spiro atoms. The van der Waals surface area contributed by atoms with Crippen LogP contribution in [0, 0.1) is 0 Å². The van der Waals surface area contributed by atoms with Gasteiger partial charge in [0.15, 0.2) is 5.13 Å². The molecule has 3 N–H and O–H groups in total. The van der Waals surface area contributed by atoms with E-state index >= 15 is 0 Å². The summed E-state index contributed by atoms with van der Waals surface area (Å²) in [6.07, 6.45) is -4.36. The molecule has 0 aliphatic carbocycles. The molecule has 4 rings (SSSR count). The molecular weight excluding hydrogens is 441 g/mol. The van der Waals surface area contributed by atoms with Gasteiger partial charge in [-0.3, -0.25) is 0 Å². The monoisotopic (exact) mass is 460 g/mol. The average Bonchev–Trinajstić information content (AvgIpc) is 3.34. The van der Waals surface area contributed by atoms with E-state index in [9.17, 15) is 13.2 Å². The fourth-order valence-corrected chi connectivity index (χ4v) is 4.79. The van der Waals surface area contributed by atoms with E-state index < -0.39 is 11.7 Å². The maximum Gasteiger partial charge on any atom is 0.416 e. The summed E-state index contributed by atoms with van der Waals surface area (Å²) in [5.74, 6) is 0.819. The Kier molecular flexibility index (Phi) is 5.72. The number of nitrogens with zero attached hydrogens (tertiary/aromatic N) is 2. The van der Waals surface area contributed by atoms with Crippen LogP contribution in [-0.2, 0) is 6.18 Å². The number of alkyl halides is 3. The van der Waals surface area contributed by atoms with Crippen molar-refractivity contribution in [2.45, 2.75) is 25.9 Å². The average molecular weight is 461 g/mol. The Labute approximate surface area is 185 Å². The van der Waals surface area contributed by atoms with E-state index in [1.807, 2.05) is 12.1 Å². The molecule has 0 atom stereocenters. The van der Waals surface area contributed by atoms with Crippen molar-refractivity contribution >= 4 is 39.3 Å². The molecule has 4 aromatic rings. The second-order valence-corrected chi connectivity index (χ2v) is 9.11. The summed E-state index contributed by atoms with van der Waals surface area (Å²) in [5.41, 5.74) is 8.80. The second-order valence-electron chi connectivity index (χ2n) is 7.25. The van der Waals surface area contributed by atoms with Crippen LogP contribution in [-0.4, -0.2) is 9.97 Å². The quantitative estimate of drug-likeness (QED) is 0.326. The maximum atomic E-state index is 12.8. The topological polar surface area (TPSA) is 63.8 Å². The Morgan fingerprint density at radius 3 is 2.26 bits per heavy atom. The Balaban J connectivity index is 1.53. The fourth-order valence-electron chi connectivity index (χ4n) is 2.95. The van der Waals surface area contributed by atoms with E-state index in [0.717, 1.165) is 22.7 Å². The van der Waals surface area contributed by atoms with E-state index in [0.29, 0.717) is 33.1 Å². The van der Waals surface area contributed by atoms with Gasteiger partial charge >= 0.3 is 6.18 Å². The Morgan fingerprint density at radius 2 is 1.65 bits per heavy atom. The number of hydrogen-bond donors (Lipinski definition) is 2. The number of halogens is 3. The third kappa shape index (κ3) is 4.72. The lowest BCUT2D eigenvalue weighted by atomic mass is 10.0. The minimum Gasteiger partial charge on any atom is -0.382 e. The molecule has 4 nitrogen and oxygen atoms in total. The summed E-state index contributed by atoms with van der Waals surface area (Å²) in [6, 6.07) is 13.1. The van der Waals surface area contributed by atoms with Crippen LogP contribution >= 0.6 is 22.7 Å². The normalized spacial score (nSPS) is 11.8. The first-order valence-electron chi connectivity index (χ1n) is 9.47. The van der Waals surface area contributed by atoms with Crippen molar-refractivity contribution in [2.24, 2.45) is 0 Å². The largest absolute Gasteiger partial charge is 0.416 e. The smallest absolute Gasteiger partial charge is 0.382 e. The van der Waals surface area contributed by atoms with Crippen LogP contribution in [0.3, 0.4) is 0 Å². The highest BCUT2D eigenvalue weighted by Gasteiger charge is 2.30. The van der Waals surface area contributed by atoms with Crippen molar-refractivity contribution in [1.82, 2.24) is 9.97 Å². The standard InChI is InChI=1S/C22H19F3N4S2/c1-12(2)13-5-9-16(10-6-13)27-21-29-19(26)18(31-21)20-28-17(11-30-20)14-3-7-15(8-4-14)22(23,24)25/h3-12H,26H2,1-2H3,(H,27,29). The number of rotatable bonds is 5. The van der Waals surface area contributed by atoms with Gasteiger partial charge < -0.3 is 11.1 Å². The first kappa shape index (κ1) is 21.3. The lowest BCUT2D eigenvalue weighted by Crippen LogP contribution is -2.03. The van der Waals surface area contributed by atoms with Crippen molar-refractivity contribution in [2.75, 3.05) is 11.1 Å². The molecule has 160 valence electrons. The zero-order valence-corrected chi connectivity index (χ0v) is 18.3. The van der Waals surface area contributed by atoms with Crippen molar-refractivity contribution in [3.8, 4) is 21.1 Å². The summed E-state index contributed by atoms with van der Waals surface area (Å²) in [4.78, 5) is 9.67. The SMILES string of the molecule is CC(C)c1ccc(Nc2nc(N)c(-c3nc(-c4ccc(C(F)(F)F)cc4)cs3)s2)cc1. The zero-order chi connectivity index (χ0) is 22.2. The van der Waals surface area contributed by atoms with Gasteiger partial charge in [-0.25, -0.2) is 9.97 Å². The third-order valence-electron chi connectivity index (χ3n) is 4.69. The van der Waals surface area contributed by atoms with Crippen molar-refractivity contribution < 1.29 is 13.2 Å². The number of nitrogens with two attached hydrogens (primary N) is 1. The predicted molar refractivity (Wildman–Crippen MR) is 122 cm³/mol.